The van der Waals surface area contributed by atoms with Gasteiger partial charge in [-0.05, 0) is 31.0 Å². The Morgan fingerprint density at radius 2 is 2.04 bits per heavy atom. The number of carbonyl (C=O) groups excluding carboxylic acids is 1. The summed E-state index contributed by atoms with van der Waals surface area (Å²) in [5, 5.41) is 3.14. The van der Waals surface area contributed by atoms with Gasteiger partial charge in [0.2, 0.25) is 0 Å². The summed E-state index contributed by atoms with van der Waals surface area (Å²) in [4.78, 5) is 16.6. The van der Waals surface area contributed by atoms with Gasteiger partial charge in [0.1, 0.15) is 0 Å². The third-order valence-corrected chi connectivity index (χ3v) is 4.81. The second-order valence-electron chi connectivity index (χ2n) is 6.38. The van der Waals surface area contributed by atoms with Crippen LogP contribution in [0.25, 0.3) is 5.69 Å². The molecule has 6 nitrogen and oxygen atoms in total. The van der Waals surface area contributed by atoms with Gasteiger partial charge in [-0.25, -0.2) is 4.98 Å². The van der Waals surface area contributed by atoms with Crippen LogP contribution >= 0.6 is 0 Å². The Hall–Kier alpha value is -2.18. The Kier molecular flexibility index (Phi) is 4.08. The van der Waals surface area contributed by atoms with Gasteiger partial charge in [0.05, 0.1) is 19.5 Å². The first-order valence-electron chi connectivity index (χ1n) is 8.41. The first kappa shape index (κ1) is 15.4. The van der Waals surface area contributed by atoms with Crippen LogP contribution in [0.3, 0.4) is 0 Å². The lowest BCUT2D eigenvalue weighted by atomic mass is 9.90. The van der Waals surface area contributed by atoms with Gasteiger partial charge in [0.15, 0.2) is 5.79 Å². The molecule has 1 amide bonds. The Balaban J connectivity index is 1.39. The van der Waals surface area contributed by atoms with E-state index < -0.39 is 0 Å². The van der Waals surface area contributed by atoms with E-state index in [-0.39, 0.29) is 17.7 Å². The average molecular weight is 327 g/mol. The zero-order chi connectivity index (χ0) is 16.4. The van der Waals surface area contributed by atoms with E-state index in [1.807, 2.05) is 35.0 Å². The summed E-state index contributed by atoms with van der Waals surface area (Å²) in [6, 6.07) is 7.74. The lowest BCUT2D eigenvalue weighted by Crippen LogP contribution is -2.44. The van der Waals surface area contributed by atoms with Crippen LogP contribution in [0.15, 0.2) is 43.0 Å². The van der Waals surface area contributed by atoms with Gasteiger partial charge in [0.25, 0.3) is 5.91 Å². The van der Waals surface area contributed by atoms with Crippen molar-refractivity contribution in [2.24, 2.45) is 0 Å². The molecule has 6 heteroatoms. The number of nitrogens with one attached hydrogen (secondary N) is 1. The van der Waals surface area contributed by atoms with Crippen LogP contribution in [-0.2, 0) is 9.47 Å². The van der Waals surface area contributed by atoms with E-state index in [1.165, 1.54) is 0 Å². The van der Waals surface area contributed by atoms with E-state index in [0.29, 0.717) is 18.8 Å². The molecule has 1 aliphatic carbocycles. The number of rotatable bonds is 3. The van der Waals surface area contributed by atoms with E-state index >= 15 is 0 Å². The maximum absolute atomic E-state index is 12.5. The average Bonchev–Trinajstić information content (AvgIpc) is 3.30. The Labute approximate surface area is 140 Å². The van der Waals surface area contributed by atoms with E-state index in [0.717, 1.165) is 31.4 Å². The van der Waals surface area contributed by atoms with Crippen molar-refractivity contribution in [2.45, 2.75) is 37.5 Å². The highest BCUT2D eigenvalue weighted by Crippen LogP contribution is 2.35. The molecule has 2 aliphatic rings. The highest BCUT2D eigenvalue weighted by molar-refractivity contribution is 5.94. The molecule has 0 radical (unpaired) electrons. The molecule has 1 aromatic carbocycles. The maximum Gasteiger partial charge on any atom is 0.251 e. The number of aromatic nitrogens is 2. The summed E-state index contributed by atoms with van der Waals surface area (Å²) in [5.41, 5.74) is 1.59. The van der Waals surface area contributed by atoms with E-state index in [9.17, 15) is 4.79 Å². The van der Waals surface area contributed by atoms with Gasteiger partial charge in [-0.3, -0.25) is 4.79 Å². The van der Waals surface area contributed by atoms with Crippen LogP contribution in [0.1, 0.15) is 36.0 Å². The van der Waals surface area contributed by atoms with Crippen molar-refractivity contribution in [3.05, 3.63) is 48.5 Å². The minimum absolute atomic E-state index is 0.0360. The van der Waals surface area contributed by atoms with Crippen molar-refractivity contribution in [1.29, 1.82) is 0 Å². The second kappa shape index (κ2) is 6.37. The quantitative estimate of drug-likeness (QED) is 0.939. The van der Waals surface area contributed by atoms with Gasteiger partial charge in [-0.2, -0.15) is 0 Å². The third kappa shape index (κ3) is 3.07. The summed E-state index contributed by atoms with van der Waals surface area (Å²) in [5.74, 6) is -0.422. The number of carbonyl (C=O) groups is 1. The number of hydrogen-bond donors (Lipinski definition) is 1. The first-order chi connectivity index (χ1) is 11.7. The summed E-state index contributed by atoms with van der Waals surface area (Å²) < 4.78 is 13.4. The molecule has 2 fully saturated rings. The Morgan fingerprint density at radius 1 is 1.25 bits per heavy atom. The second-order valence-corrected chi connectivity index (χ2v) is 6.38. The van der Waals surface area contributed by atoms with Crippen LogP contribution in [0.5, 0.6) is 0 Å². The van der Waals surface area contributed by atoms with Crippen molar-refractivity contribution >= 4 is 5.91 Å². The molecule has 1 aliphatic heterocycles. The molecule has 0 bridgehead atoms. The lowest BCUT2D eigenvalue weighted by molar-refractivity contribution is -0.179. The minimum Gasteiger partial charge on any atom is -0.349 e. The molecule has 1 saturated carbocycles. The van der Waals surface area contributed by atoms with Crippen LogP contribution in [0.2, 0.25) is 0 Å². The molecule has 2 aromatic rings. The molecular weight excluding hydrogens is 306 g/mol. The number of amides is 1. The number of benzene rings is 1. The van der Waals surface area contributed by atoms with Crippen LogP contribution in [-0.4, -0.2) is 40.5 Å². The van der Waals surface area contributed by atoms with Gasteiger partial charge < -0.3 is 19.4 Å². The number of hydrogen-bond acceptors (Lipinski definition) is 4. The predicted molar refractivity (Wildman–Crippen MR) is 87.9 cm³/mol. The minimum atomic E-state index is -0.386. The van der Waals surface area contributed by atoms with Crippen LogP contribution in [0, 0.1) is 0 Å². The molecule has 1 aromatic heterocycles. The fraction of sp³-hybridized carbons (Fsp3) is 0.444. The topological polar surface area (TPSA) is 65.4 Å². The van der Waals surface area contributed by atoms with Crippen LogP contribution in [0.4, 0.5) is 0 Å². The van der Waals surface area contributed by atoms with Crippen molar-refractivity contribution in [1.82, 2.24) is 14.9 Å². The van der Waals surface area contributed by atoms with Gasteiger partial charge in [-0.15, -0.1) is 0 Å². The monoisotopic (exact) mass is 327 g/mol. The summed E-state index contributed by atoms with van der Waals surface area (Å²) in [6.07, 6.45) is 8.75. The van der Waals surface area contributed by atoms with E-state index in [1.54, 1.807) is 12.5 Å². The molecule has 1 N–H and O–H groups in total. The zero-order valence-corrected chi connectivity index (χ0v) is 13.5. The number of imidazole rings is 1. The Morgan fingerprint density at radius 3 is 2.75 bits per heavy atom. The standard InChI is InChI=1S/C18H21N3O3/c22-17(14-2-1-3-16(12-14)21-9-8-19-13-21)20-15-4-6-18(7-5-15)23-10-11-24-18/h1-3,8-9,12-13,15H,4-7,10-11H2,(H,20,22). The molecule has 0 atom stereocenters. The SMILES string of the molecule is O=C(NC1CCC2(CC1)OCCO2)c1cccc(-n2ccnc2)c1. The summed E-state index contributed by atoms with van der Waals surface area (Å²) in [6.45, 7) is 1.36. The van der Waals surface area contributed by atoms with Crippen LogP contribution < -0.4 is 5.32 Å². The molecule has 1 spiro atoms. The molecule has 4 rings (SSSR count). The maximum atomic E-state index is 12.5. The highest BCUT2D eigenvalue weighted by atomic mass is 16.7. The van der Waals surface area contributed by atoms with Crippen molar-refractivity contribution in [2.75, 3.05) is 13.2 Å². The lowest BCUT2D eigenvalue weighted by Gasteiger charge is -2.35. The highest BCUT2D eigenvalue weighted by Gasteiger charge is 2.40. The molecule has 126 valence electrons. The van der Waals surface area contributed by atoms with Gasteiger partial charge in [0, 0.05) is 42.5 Å². The van der Waals surface area contributed by atoms with Gasteiger partial charge >= 0.3 is 0 Å². The zero-order valence-electron chi connectivity index (χ0n) is 13.5. The molecule has 2 heterocycles. The summed E-state index contributed by atoms with van der Waals surface area (Å²) in [7, 11) is 0. The van der Waals surface area contributed by atoms with E-state index in [2.05, 4.69) is 10.3 Å². The molecular formula is C18H21N3O3. The van der Waals surface area contributed by atoms with Crippen molar-refractivity contribution < 1.29 is 14.3 Å². The third-order valence-electron chi connectivity index (χ3n) is 4.81. The number of ether oxygens (including phenoxy) is 2. The Bertz CT molecular complexity index is 698. The fourth-order valence-corrected chi connectivity index (χ4v) is 3.48. The van der Waals surface area contributed by atoms with Gasteiger partial charge in [-0.1, -0.05) is 6.07 Å². The van der Waals surface area contributed by atoms with E-state index in [4.69, 9.17) is 9.47 Å². The predicted octanol–water partition coefficient (Wildman–Crippen LogP) is 2.29. The number of nitrogens with zero attached hydrogens (tertiary/aromatic N) is 2. The molecule has 24 heavy (non-hydrogen) atoms. The molecule has 1 saturated heterocycles. The smallest absolute Gasteiger partial charge is 0.251 e. The van der Waals surface area contributed by atoms with Crippen molar-refractivity contribution in [3.63, 3.8) is 0 Å². The normalized spacial score (nSPS) is 20.3. The largest absolute Gasteiger partial charge is 0.349 e. The first-order valence-corrected chi connectivity index (χ1v) is 8.41. The fourth-order valence-electron chi connectivity index (χ4n) is 3.48. The van der Waals surface area contributed by atoms with Crippen molar-refractivity contribution in [3.8, 4) is 5.69 Å². The summed E-state index contributed by atoms with van der Waals surface area (Å²) >= 11 is 0. The molecule has 0 unspecified atom stereocenters.